The molecule has 192 valence electrons. The highest BCUT2D eigenvalue weighted by atomic mass is 32.2. The van der Waals surface area contributed by atoms with Crippen molar-refractivity contribution >= 4 is 21.8 Å². The molecule has 0 spiro atoms. The molecule has 1 saturated heterocycles. The van der Waals surface area contributed by atoms with E-state index in [-0.39, 0.29) is 18.1 Å². The van der Waals surface area contributed by atoms with Gasteiger partial charge in [0.05, 0.1) is 27.0 Å². The lowest BCUT2D eigenvalue weighted by molar-refractivity contribution is -0.125. The Morgan fingerprint density at radius 3 is 2.31 bits per heavy atom. The van der Waals surface area contributed by atoms with Crippen molar-refractivity contribution in [3.05, 3.63) is 48.0 Å². The van der Waals surface area contributed by atoms with Crippen molar-refractivity contribution in [1.29, 1.82) is 0 Å². The second-order valence-corrected chi connectivity index (χ2v) is 10.0. The molecule has 1 atom stereocenters. The molecule has 1 amide bonds. The summed E-state index contributed by atoms with van der Waals surface area (Å²) in [6.07, 6.45) is 4.67. The molecule has 0 saturated carbocycles. The van der Waals surface area contributed by atoms with Crippen LogP contribution >= 0.6 is 0 Å². The maximum absolute atomic E-state index is 13.3. The number of benzene rings is 2. The van der Waals surface area contributed by atoms with E-state index in [1.165, 1.54) is 43.3 Å². The molecule has 0 bridgehead atoms. The van der Waals surface area contributed by atoms with Gasteiger partial charge in [-0.05, 0) is 37.7 Å². The number of nitrogens with one attached hydrogen (secondary N) is 2. The van der Waals surface area contributed by atoms with E-state index in [0.717, 1.165) is 25.7 Å². The molecule has 9 nitrogen and oxygen atoms in total. The fourth-order valence-electron chi connectivity index (χ4n) is 4.23. The average Bonchev–Trinajstić information content (AvgIpc) is 2.88. The van der Waals surface area contributed by atoms with Gasteiger partial charge in [-0.1, -0.05) is 36.8 Å². The maximum Gasteiger partial charge on any atom is 0.302 e. The molecule has 1 aliphatic rings. The molecule has 10 heteroatoms. The molecule has 2 aromatic rings. The Labute approximate surface area is 207 Å². The molecule has 0 radical (unpaired) electrons. The summed E-state index contributed by atoms with van der Waals surface area (Å²) in [6.45, 7) is 0.780. The van der Waals surface area contributed by atoms with Crippen molar-refractivity contribution in [2.24, 2.45) is 0 Å². The summed E-state index contributed by atoms with van der Waals surface area (Å²) in [5.41, 5.74) is 1.52. The van der Waals surface area contributed by atoms with E-state index in [9.17, 15) is 13.2 Å². The number of anilines is 1. The number of hydrogen-bond acceptors (Lipinski definition) is 6. The number of rotatable bonds is 12. The number of ether oxygens (including phenoxy) is 3. The highest BCUT2D eigenvalue weighted by Gasteiger charge is 2.37. The zero-order valence-electron chi connectivity index (χ0n) is 20.6. The summed E-state index contributed by atoms with van der Waals surface area (Å²) in [4.78, 5) is 12.9. The van der Waals surface area contributed by atoms with Gasteiger partial charge in [0, 0.05) is 25.2 Å². The van der Waals surface area contributed by atoms with E-state index in [1.807, 2.05) is 18.2 Å². The molecule has 0 aromatic heterocycles. The third-order valence-corrected chi connectivity index (χ3v) is 7.56. The number of amides is 1. The van der Waals surface area contributed by atoms with Crippen LogP contribution < -0.4 is 24.2 Å². The summed E-state index contributed by atoms with van der Waals surface area (Å²) in [5.74, 6) is 0.751. The van der Waals surface area contributed by atoms with E-state index < -0.39 is 16.3 Å². The van der Waals surface area contributed by atoms with Crippen molar-refractivity contribution in [3.63, 3.8) is 0 Å². The minimum absolute atomic E-state index is 0.255. The quantitative estimate of drug-likeness (QED) is 0.429. The molecule has 3 rings (SSSR count). The highest BCUT2D eigenvalue weighted by Crippen LogP contribution is 2.40. The van der Waals surface area contributed by atoms with Crippen LogP contribution in [-0.2, 0) is 21.4 Å². The Balaban J connectivity index is 1.62. The molecule has 1 fully saturated rings. The van der Waals surface area contributed by atoms with Crippen molar-refractivity contribution in [2.75, 3.05) is 39.1 Å². The molecule has 0 aliphatic carbocycles. The second kappa shape index (κ2) is 12.6. The largest absolute Gasteiger partial charge is 0.493 e. The van der Waals surface area contributed by atoms with Gasteiger partial charge in [-0.3, -0.25) is 9.52 Å². The van der Waals surface area contributed by atoms with Crippen LogP contribution in [0.5, 0.6) is 17.2 Å². The third-order valence-electron chi connectivity index (χ3n) is 6.01. The second-order valence-electron chi connectivity index (χ2n) is 8.38. The first kappa shape index (κ1) is 26.6. The molecular weight excluding hydrogens is 470 g/mol. The third kappa shape index (κ3) is 7.02. The fraction of sp³-hybridized carbons (Fsp3) is 0.480. The van der Waals surface area contributed by atoms with Crippen LogP contribution in [0.2, 0.25) is 0 Å². The smallest absolute Gasteiger partial charge is 0.302 e. The lowest BCUT2D eigenvalue weighted by Crippen LogP contribution is -2.53. The minimum Gasteiger partial charge on any atom is -0.493 e. The topological polar surface area (TPSA) is 106 Å². The molecular formula is C25H35N3O6S. The number of nitrogens with zero attached hydrogens (tertiary/aromatic N) is 1. The molecule has 35 heavy (non-hydrogen) atoms. The number of piperidine rings is 1. The van der Waals surface area contributed by atoms with E-state index in [1.54, 1.807) is 0 Å². The number of carbonyl (C=O) groups is 1. The summed E-state index contributed by atoms with van der Waals surface area (Å²) >= 11 is 0. The van der Waals surface area contributed by atoms with Crippen LogP contribution in [0.15, 0.2) is 42.5 Å². The minimum atomic E-state index is -4.00. The first-order chi connectivity index (χ1) is 16.9. The SMILES string of the molecule is COc1cc(NS(=O)(=O)N2CCCC[C@H]2C(=O)NCCCCc2ccccc2)cc(OC)c1OC. The van der Waals surface area contributed by atoms with Crippen LogP contribution in [0.3, 0.4) is 0 Å². The number of carbonyl (C=O) groups excluding carboxylic acids is 1. The van der Waals surface area contributed by atoms with Crippen LogP contribution in [-0.4, -0.2) is 59.1 Å². The first-order valence-electron chi connectivity index (χ1n) is 11.8. The van der Waals surface area contributed by atoms with Gasteiger partial charge in [-0.2, -0.15) is 12.7 Å². The van der Waals surface area contributed by atoms with E-state index in [4.69, 9.17) is 14.2 Å². The van der Waals surface area contributed by atoms with Gasteiger partial charge in [-0.25, -0.2) is 0 Å². The van der Waals surface area contributed by atoms with E-state index in [2.05, 4.69) is 22.2 Å². The Morgan fingerprint density at radius 1 is 1.00 bits per heavy atom. The fourth-order valence-corrected chi connectivity index (χ4v) is 5.67. The van der Waals surface area contributed by atoms with Crippen LogP contribution in [0.25, 0.3) is 0 Å². The number of unbranched alkanes of at least 4 members (excludes halogenated alkanes) is 1. The first-order valence-corrected chi connectivity index (χ1v) is 13.2. The van der Waals surface area contributed by atoms with Crippen LogP contribution in [0.4, 0.5) is 5.69 Å². The van der Waals surface area contributed by atoms with Gasteiger partial charge in [0.2, 0.25) is 11.7 Å². The Morgan fingerprint density at radius 2 is 1.69 bits per heavy atom. The van der Waals surface area contributed by atoms with Gasteiger partial charge < -0.3 is 19.5 Å². The Hall–Kier alpha value is -2.98. The van der Waals surface area contributed by atoms with Crippen molar-refractivity contribution in [3.8, 4) is 17.2 Å². The summed E-state index contributed by atoms with van der Waals surface area (Å²) in [7, 11) is 0.392. The summed E-state index contributed by atoms with van der Waals surface area (Å²) in [6, 6.07) is 12.5. The van der Waals surface area contributed by atoms with Crippen molar-refractivity contribution in [2.45, 2.75) is 44.6 Å². The zero-order valence-corrected chi connectivity index (χ0v) is 21.4. The van der Waals surface area contributed by atoms with Gasteiger partial charge in [0.1, 0.15) is 6.04 Å². The van der Waals surface area contributed by atoms with Crippen molar-refractivity contribution < 1.29 is 27.4 Å². The molecule has 1 aliphatic heterocycles. The Bertz CT molecular complexity index is 1050. The Kier molecular flexibility index (Phi) is 9.62. The van der Waals surface area contributed by atoms with E-state index in [0.29, 0.717) is 36.6 Å². The van der Waals surface area contributed by atoms with E-state index >= 15 is 0 Å². The number of hydrogen-bond donors (Lipinski definition) is 2. The van der Waals surface area contributed by atoms with Gasteiger partial charge in [0.15, 0.2) is 11.5 Å². The summed E-state index contributed by atoms with van der Waals surface area (Å²) < 4.78 is 46.3. The van der Waals surface area contributed by atoms with Crippen LogP contribution in [0, 0.1) is 0 Å². The van der Waals surface area contributed by atoms with Gasteiger partial charge >= 0.3 is 10.2 Å². The molecule has 0 unspecified atom stereocenters. The maximum atomic E-state index is 13.3. The number of aryl methyl sites for hydroxylation is 1. The zero-order chi connectivity index (χ0) is 25.3. The summed E-state index contributed by atoms with van der Waals surface area (Å²) in [5, 5.41) is 2.93. The average molecular weight is 506 g/mol. The predicted molar refractivity (Wildman–Crippen MR) is 135 cm³/mol. The predicted octanol–water partition coefficient (Wildman–Crippen LogP) is 3.36. The van der Waals surface area contributed by atoms with Gasteiger partial charge in [-0.15, -0.1) is 0 Å². The monoisotopic (exact) mass is 505 g/mol. The van der Waals surface area contributed by atoms with Crippen molar-refractivity contribution in [1.82, 2.24) is 9.62 Å². The van der Waals surface area contributed by atoms with Gasteiger partial charge in [0.25, 0.3) is 0 Å². The van der Waals surface area contributed by atoms with Crippen LogP contribution in [0.1, 0.15) is 37.7 Å². The molecule has 1 heterocycles. The lowest BCUT2D eigenvalue weighted by Gasteiger charge is -2.33. The number of methoxy groups -OCH3 is 3. The molecule has 2 N–H and O–H groups in total. The lowest BCUT2D eigenvalue weighted by atomic mass is 10.0. The highest BCUT2D eigenvalue weighted by molar-refractivity contribution is 7.90. The standard InChI is InChI=1S/C25H35N3O6S/c1-32-22-17-20(18-23(33-2)24(22)34-3)27-35(30,31)28-16-10-8-14-21(28)25(29)26-15-9-7-13-19-11-5-4-6-12-19/h4-6,11-12,17-18,21,27H,7-10,13-16H2,1-3H3,(H,26,29)/t21-/m0/s1. The normalized spacial score (nSPS) is 16.4. The molecule has 2 aromatic carbocycles.